The van der Waals surface area contributed by atoms with Gasteiger partial charge in [0.2, 0.25) is 0 Å². The number of nitrogens with one attached hydrogen (secondary N) is 1. The lowest BCUT2D eigenvalue weighted by Gasteiger charge is -2.06. The molecule has 15 heavy (non-hydrogen) atoms. The summed E-state index contributed by atoms with van der Waals surface area (Å²) in [6.07, 6.45) is 4.94. The van der Waals surface area contributed by atoms with Crippen LogP contribution in [0.3, 0.4) is 0 Å². The molecule has 0 atom stereocenters. The van der Waals surface area contributed by atoms with Gasteiger partial charge in [-0.15, -0.1) is 0 Å². The first-order valence-electron chi connectivity index (χ1n) is 5.31. The summed E-state index contributed by atoms with van der Waals surface area (Å²) in [6, 6.07) is 0.363. The number of rotatable bonds is 6. The molecule has 0 fully saturated rings. The normalized spacial score (nSPS) is 10.9. The van der Waals surface area contributed by atoms with E-state index in [1.165, 1.54) is 0 Å². The van der Waals surface area contributed by atoms with Gasteiger partial charge < -0.3 is 9.88 Å². The monoisotopic (exact) mass is 209 g/mol. The van der Waals surface area contributed by atoms with Gasteiger partial charge in [0.1, 0.15) is 11.6 Å². The van der Waals surface area contributed by atoms with Gasteiger partial charge in [-0.05, 0) is 0 Å². The number of imidazole rings is 1. The summed E-state index contributed by atoms with van der Waals surface area (Å²) < 4.78 is 1.95. The second-order valence-corrected chi connectivity index (χ2v) is 4.03. The molecule has 0 spiro atoms. The van der Waals surface area contributed by atoms with Crippen molar-refractivity contribution < 1.29 is 4.79 Å². The lowest BCUT2D eigenvalue weighted by atomic mass is 10.2. The Bertz CT molecular complexity index is 317. The van der Waals surface area contributed by atoms with Gasteiger partial charge >= 0.3 is 0 Å². The lowest BCUT2D eigenvalue weighted by Crippen LogP contribution is -2.29. The van der Waals surface area contributed by atoms with Crippen molar-refractivity contribution in [2.45, 2.75) is 32.7 Å². The van der Waals surface area contributed by atoms with Gasteiger partial charge in [0.25, 0.3) is 0 Å². The van der Waals surface area contributed by atoms with E-state index in [2.05, 4.69) is 10.3 Å². The molecule has 1 aromatic rings. The summed E-state index contributed by atoms with van der Waals surface area (Å²) in [5.74, 6) is 1.21. The van der Waals surface area contributed by atoms with Gasteiger partial charge in [-0.1, -0.05) is 13.8 Å². The Balaban J connectivity index is 2.26. The van der Waals surface area contributed by atoms with E-state index < -0.39 is 0 Å². The molecular weight excluding hydrogens is 190 g/mol. The van der Waals surface area contributed by atoms with Crippen LogP contribution in [0.1, 0.15) is 26.1 Å². The number of aromatic nitrogens is 2. The molecule has 1 aromatic heterocycles. The van der Waals surface area contributed by atoms with Crippen molar-refractivity contribution in [1.82, 2.24) is 14.9 Å². The van der Waals surface area contributed by atoms with Gasteiger partial charge in [-0.3, -0.25) is 4.79 Å². The van der Waals surface area contributed by atoms with Crippen molar-refractivity contribution in [3.05, 3.63) is 18.2 Å². The maximum atomic E-state index is 11.5. The topological polar surface area (TPSA) is 46.9 Å². The molecule has 0 saturated carbocycles. The molecule has 0 aliphatic carbocycles. The van der Waals surface area contributed by atoms with E-state index in [9.17, 15) is 4.79 Å². The standard InChI is InChI=1S/C11H19N3O/c1-9(2)13-8-10(15)4-5-11-12-6-7-14(11)3/h6-7,9,13H,4-5,8H2,1-3H3. The van der Waals surface area contributed by atoms with Gasteiger partial charge in [0.05, 0.1) is 6.54 Å². The van der Waals surface area contributed by atoms with Crippen LogP contribution in [-0.4, -0.2) is 27.9 Å². The Morgan fingerprint density at radius 3 is 2.87 bits per heavy atom. The summed E-state index contributed by atoms with van der Waals surface area (Å²) in [7, 11) is 1.94. The molecule has 4 nitrogen and oxygen atoms in total. The van der Waals surface area contributed by atoms with Crippen LogP contribution >= 0.6 is 0 Å². The van der Waals surface area contributed by atoms with Gasteiger partial charge in [0.15, 0.2) is 0 Å². The van der Waals surface area contributed by atoms with Crippen molar-refractivity contribution in [2.75, 3.05) is 6.54 Å². The van der Waals surface area contributed by atoms with Crippen molar-refractivity contribution in [3.63, 3.8) is 0 Å². The smallest absolute Gasteiger partial charge is 0.147 e. The third-order valence-electron chi connectivity index (χ3n) is 2.26. The Kier molecular flexibility index (Phi) is 4.49. The molecular formula is C11H19N3O. The number of ketones is 1. The van der Waals surface area contributed by atoms with E-state index in [-0.39, 0.29) is 5.78 Å². The van der Waals surface area contributed by atoms with Crippen LogP contribution in [-0.2, 0) is 18.3 Å². The highest BCUT2D eigenvalue weighted by Crippen LogP contribution is 1.99. The molecule has 0 amide bonds. The Morgan fingerprint density at radius 2 is 2.33 bits per heavy atom. The van der Waals surface area contributed by atoms with E-state index >= 15 is 0 Å². The van der Waals surface area contributed by atoms with E-state index in [1.807, 2.05) is 31.7 Å². The van der Waals surface area contributed by atoms with Crippen LogP contribution in [0.5, 0.6) is 0 Å². The summed E-state index contributed by atoms with van der Waals surface area (Å²) in [4.78, 5) is 15.6. The van der Waals surface area contributed by atoms with E-state index in [4.69, 9.17) is 0 Å². The van der Waals surface area contributed by atoms with Crippen LogP contribution in [0, 0.1) is 0 Å². The first-order valence-corrected chi connectivity index (χ1v) is 5.31. The molecule has 1 rings (SSSR count). The zero-order valence-corrected chi connectivity index (χ0v) is 9.66. The summed E-state index contributed by atoms with van der Waals surface area (Å²) in [5.41, 5.74) is 0. The molecule has 0 bridgehead atoms. The fourth-order valence-electron chi connectivity index (χ4n) is 1.29. The maximum Gasteiger partial charge on any atom is 0.147 e. The largest absolute Gasteiger partial charge is 0.338 e. The zero-order valence-electron chi connectivity index (χ0n) is 9.66. The minimum absolute atomic E-state index is 0.242. The minimum atomic E-state index is 0.242. The van der Waals surface area contributed by atoms with Crippen molar-refractivity contribution >= 4 is 5.78 Å². The van der Waals surface area contributed by atoms with E-state index in [0.29, 0.717) is 19.0 Å². The second-order valence-electron chi connectivity index (χ2n) is 4.03. The number of nitrogens with zero attached hydrogens (tertiary/aromatic N) is 2. The zero-order chi connectivity index (χ0) is 11.3. The molecule has 0 aromatic carbocycles. The third-order valence-corrected chi connectivity index (χ3v) is 2.26. The Hall–Kier alpha value is -1.16. The Morgan fingerprint density at radius 1 is 1.60 bits per heavy atom. The van der Waals surface area contributed by atoms with Crippen LogP contribution in [0.4, 0.5) is 0 Å². The predicted octanol–water partition coefficient (Wildman–Crippen LogP) is 0.920. The van der Waals surface area contributed by atoms with Crippen molar-refractivity contribution in [3.8, 4) is 0 Å². The molecule has 84 valence electrons. The van der Waals surface area contributed by atoms with Gasteiger partial charge in [0, 0.05) is 38.3 Å². The van der Waals surface area contributed by atoms with Crippen molar-refractivity contribution in [2.24, 2.45) is 7.05 Å². The highest BCUT2D eigenvalue weighted by molar-refractivity contribution is 5.80. The molecule has 0 aliphatic heterocycles. The molecule has 1 heterocycles. The highest BCUT2D eigenvalue weighted by Gasteiger charge is 2.05. The summed E-state index contributed by atoms with van der Waals surface area (Å²) >= 11 is 0. The molecule has 0 unspecified atom stereocenters. The molecule has 0 saturated heterocycles. The first kappa shape index (κ1) is 11.9. The number of hydrogen-bond donors (Lipinski definition) is 1. The Labute approximate surface area is 90.7 Å². The SMILES string of the molecule is CC(C)NCC(=O)CCc1nccn1C. The average molecular weight is 209 g/mol. The molecule has 1 N–H and O–H groups in total. The lowest BCUT2D eigenvalue weighted by molar-refractivity contribution is -0.118. The van der Waals surface area contributed by atoms with Crippen molar-refractivity contribution in [1.29, 1.82) is 0 Å². The average Bonchev–Trinajstić information content (AvgIpc) is 2.58. The minimum Gasteiger partial charge on any atom is -0.338 e. The number of hydrogen-bond acceptors (Lipinski definition) is 3. The second kappa shape index (κ2) is 5.66. The fraction of sp³-hybridized carbons (Fsp3) is 0.636. The van der Waals surface area contributed by atoms with Crippen LogP contribution in [0.25, 0.3) is 0 Å². The number of aryl methyl sites for hydroxylation is 2. The van der Waals surface area contributed by atoms with E-state index in [0.717, 1.165) is 12.2 Å². The van der Waals surface area contributed by atoms with Crippen LogP contribution in [0.15, 0.2) is 12.4 Å². The molecule has 0 aliphatic rings. The third kappa shape index (κ3) is 4.25. The molecule has 4 heteroatoms. The van der Waals surface area contributed by atoms with Crippen LogP contribution < -0.4 is 5.32 Å². The number of carbonyl (C=O) groups is 1. The van der Waals surface area contributed by atoms with E-state index in [1.54, 1.807) is 6.20 Å². The summed E-state index contributed by atoms with van der Waals surface area (Å²) in [6.45, 7) is 4.53. The highest BCUT2D eigenvalue weighted by atomic mass is 16.1. The number of carbonyl (C=O) groups excluding carboxylic acids is 1. The number of Topliss-reactive ketones (excluding diaryl/α,β-unsaturated/α-hetero) is 1. The van der Waals surface area contributed by atoms with Gasteiger partial charge in [-0.2, -0.15) is 0 Å². The van der Waals surface area contributed by atoms with Crippen LogP contribution in [0.2, 0.25) is 0 Å². The van der Waals surface area contributed by atoms with Gasteiger partial charge in [-0.25, -0.2) is 4.98 Å². The maximum absolute atomic E-state index is 11.5. The quantitative estimate of drug-likeness (QED) is 0.758. The summed E-state index contributed by atoms with van der Waals surface area (Å²) in [5, 5.41) is 3.11. The molecule has 0 radical (unpaired) electrons. The predicted molar refractivity (Wildman–Crippen MR) is 59.7 cm³/mol. The first-order chi connectivity index (χ1) is 7.09. The fourth-order valence-corrected chi connectivity index (χ4v) is 1.29.